The quantitative estimate of drug-likeness (QED) is 0.603. The predicted molar refractivity (Wildman–Crippen MR) is 123 cm³/mol. The van der Waals surface area contributed by atoms with E-state index in [0.29, 0.717) is 50.4 Å². The first-order valence-corrected chi connectivity index (χ1v) is 12.4. The molecule has 1 amide bonds. The summed E-state index contributed by atoms with van der Waals surface area (Å²) < 4.78 is 33.5. The van der Waals surface area contributed by atoms with Gasteiger partial charge in [-0.15, -0.1) is 4.40 Å². The lowest BCUT2D eigenvalue weighted by Gasteiger charge is -2.35. The Hall–Kier alpha value is -3.20. The van der Waals surface area contributed by atoms with E-state index < -0.39 is 10.0 Å². The number of piperidine rings is 1. The number of likely N-dealkylation sites (tertiary alicyclic amines) is 1. The monoisotopic (exact) mass is 469 g/mol. The molecule has 2 aromatic rings. The van der Waals surface area contributed by atoms with Gasteiger partial charge in [0.1, 0.15) is 4.90 Å². The minimum absolute atomic E-state index is 0.00351. The Balaban J connectivity index is 1.44. The van der Waals surface area contributed by atoms with Crippen molar-refractivity contribution in [3.05, 3.63) is 65.7 Å². The number of hydrogen-bond donors (Lipinski definition) is 0. The van der Waals surface area contributed by atoms with Gasteiger partial charge < -0.3 is 14.5 Å². The zero-order valence-corrected chi connectivity index (χ0v) is 19.3. The molecular weight excluding hydrogens is 442 g/mol. The molecule has 4 rings (SSSR count). The Labute approximate surface area is 193 Å². The van der Waals surface area contributed by atoms with Crippen molar-refractivity contribution in [2.24, 2.45) is 10.3 Å². The SMILES string of the molecule is COC(=O)CCN(Cc1ccccc1)C(=O)C1CCN(C2=NS(=O)(=O)c3ccccc32)CC1. The molecule has 2 aliphatic rings. The van der Waals surface area contributed by atoms with Crippen LogP contribution in [0.2, 0.25) is 0 Å². The molecule has 8 nitrogen and oxygen atoms in total. The van der Waals surface area contributed by atoms with E-state index in [0.717, 1.165) is 5.56 Å². The number of esters is 1. The van der Waals surface area contributed by atoms with Gasteiger partial charge in [0.05, 0.1) is 13.5 Å². The van der Waals surface area contributed by atoms with Gasteiger partial charge in [-0.3, -0.25) is 9.59 Å². The first-order chi connectivity index (χ1) is 15.9. The van der Waals surface area contributed by atoms with Crippen molar-refractivity contribution in [2.75, 3.05) is 26.7 Å². The normalized spacial score (nSPS) is 17.2. The highest BCUT2D eigenvalue weighted by Gasteiger charge is 2.35. The Bertz CT molecular complexity index is 1160. The number of amidine groups is 1. The topological polar surface area (TPSA) is 96.3 Å². The Morgan fingerprint density at radius 3 is 2.42 bits per heavy atom. The van der Waals surface area contributed by atoms with Crippen molar-refractivity contribution < 1.29 is 22.7 Å². The highest BCUT2D eigenvalue weighted by molar-refractivity contribution is 7.90. The number of amides is 1. The average Bonchev–Trinajstić information content (AvgIpc) is 3.12. The summed E-state index contributed by atoms with van der Waals surface area (Å²) in [4.78, 5) is 28.9. The van der Waals surface area contributed by atoms with Crippen molar-refractivity contribution in [3.63, 3.8) is 0 Å². The molecule has 0 N–H and O–H groups in total. The summed E-state index contributed by atoms with van der Waals surface area (Å²) in [7, 11) is -2.33. The van der Waals surface area contributed by atoms with Gasteiger partial charge in [-0.2, -0.15) is 8.42 Å². The molecule has 0 saturated carbocycles. The first-order valence-electron chi connectivity index (χ1n) is 11.0. The van der Waals surface area contributed by atoms with Crippen molar-refractivity contribution >= 4 is 27.7 Å². The number of nitrogens with zero attached hydrogens (tertiary/aromatic N) is 3. The number of sulfonamides is 1. The molecule has 1 fully saturated rings. The van der Waals surface area contributed by atoms with Gasteiger partial charge in [-0.1, -0.05) is 42.5 Å². The lowest BCUT2D eigenvalue weighted by molar-refractivity contribution is -0.143. The average molecular weight is 470 g/mol. The molecule has 0 radical (unpaired) electrons. The molecule has 2 aliphatic heterocycles. The van der Waals surface area contributed by atoms with Crippen LogP contribution in [0.1, 0.15) is 30.4 Å². The molecule has 2 aromatic carbocycles. The second-order valence-electron chi connectivity index (χ2n) is 8.22. The third-order valence-corrected chi connectivity index (χ3v) is 7.42. The van der Waals surface area contributed by atoms with Gasteiger partial charge in [-0.25, -0.2) is 0 Å². The van der Waals surface area contributed by atoms with Crippen LogP contribution in [-0.4, -0.2) is 62.7 Å². The number of rotatable bonds is 6. The fraction of sp³-hybridized carbons (Fsp3) is 0.375. The smallest absolute Gasteiger partial charge is 0.307 e. The lowest BCUT2D eigenvalue weighted by atomic mass is 9.94. The molecule has 1 saturated heterocycles. The van der Waals surface area contributed by atoms with E-state index in [-0.39, 0.29) is 29.1 Å². The number of hydrogen-bond acceptors (Lipinski definition) is 6. The molecule has 33 heavy (non-hydrogen) atoms. The molecule has 9 heteroatoms. The van der Waals surface area contributed by atoms with E-state index in [1.54, 1.807) is 29.2 Å². The number of carbonyl (C=O) groups is 2. The summed E-state index contributed by atoms with van der Waals surface area (Å²) in [5.41, 5.74) is 1.61. The third kappa shape index (κ3) is 5.08. The maximum atomic E-state index is 13.4. The van der Waals surface area contributed by atoms with Crippen molar-refractivity contribution in [1.29, 1.82) is 0 Å². The molecule has 0 bridgehead atoms. The summed E-state index contributed by atoms with van der Waals surface area (Å²) >= 11 is 0. The Kier molecular flexibility index (Phi) is 6.78. The molecule has 0 unspecified atom stereocenters. The van der Waals surface area contributed by atoms with Crippen LogP contribution in [0.25, 0.3) is 0 Å². The minimum atomic E-state index is -3.67. The number of fused-ring (bicyclic) bond motifs is 1. The van der Waals surface area contributed by atoms with Crippen molar-refractivity contribution in [1.82, 2.24) is 9.80 Å². The van der Waals surface area contributed by atoms with Gasteiger partial charge in [0, 0.05) is 37.7 Å². The zero-order valence-electron chi connectivity index (χ0n) is 18.5. The van der Waals surface area contributed by atoms with Crippen LogP contribution in [0.4, 0.5) is 0 Å². The molecule has 174 valence electrons. The van der Waals surface area contributed by atoms with Gasteiger partial charge >= 0.3 is 5.97 Å². The van der Waals surface area contributed by atoms with Crippen LogP contribution >= 0.6 is 0 Å². The van der Waals surface area contributed by atoms with Crippen LogP contribution < -0.4 is 0 Å². The lowest BCUT2D eigenvalue weighted by Crippen LogP contribution is -2.44. The largest absolute Gasteiger partial charge is 0.469 e. The maximum absolute atomic E-state index is 13.4. The summed E-state index contributed by atoms with van der Waals surface area (Å²) in [6.45, 7) is 1.79. The van der Waals surface area contributed by atoms with E-state index in [9.17, 15) is 18.0 Å². The Morgan fingerprint density at radius 2 is 1.73 bits per heavy atom. The zero-order chi connectivity index (χ0) is 23.4. The Morgan fingerprint density at radius 1 is 1.06 bits per heavy atom. The fourth-order valence-electron chi connectivity index (χ4n) is 4.31. The fourth-order valence-corrected chi connectivity index (χ4v) is 5.54. The number of methoxy groups -OCH3 is 1. The molecular formula is C24H27N3O5S. The maximum Gasteiger partial charge on any atom is 0.307 e. The summed E-state index contributed by atoms with van der Waals surface area (Å²) in [5, 5.41) is 0. The van der Waals surface area contributed by atoms with Gasteiger partial charge in [0.15, 0.2) is 5.84 Å². The molecule has 0 spiro atoms. The number of benzene rings is 2. The third-order valence-electron chi connectivity index (χ3n) is 6.10. The van der Waals surface area contributed by atoms with Crippen molar-refractivity contribution in [3.8, 4) is 0 Å². The van der Waals surface area contributed by atoms with Crippen molar-refractivity contribution in [2.45, 2.75) is 30.7 Å². The van der Waals surface area contributed by atoms with Crippen LogP contribution in [0.3, 0.4) is 0 Å². The van der Waals surface area contributed by atoms with E-state index in [4.69, 9.17) is 4.74 Å². The molecule has 0 aromatic heterocycles. The van der Waals surface area contributed by atoms with Gasteiger partial charge in [0.25, 0.3) is 10.0 Å². The molecule has 0 aliphatic carbocycles. The van der Waals surface area contributed by atoms with E-state index in [2.05, 4.69) is 4.40 Å². The highest BCUT2D eigenvalue weighted by atomic mass is 32.2. The first kappa shape index (κ1) is 23.0. The highest BCUT2D eigenvalue weighted by Crippen LogP contribution is 2.30. The molecule has 2 heterocycles. The molecule has 0 atom stereocenters. The minimum Gasteiger partial charge on any atom is -0.469 e. The van der Waals surface area contributed by atoms with E-state index >= 15 is 0 Å². The van der Waals surface area contributed by atoms with E-state index in [1.807, 2.05) is 35.2 Å². The number of ether oxygens (including phenoxy) is 1. The second-order valence-corrected chi connectivity index (χ2v) is 9.79. The van der Waals surface area contributed by atoms with Gasteiger partial charge in [0.2, 0.25) is 5.91 Å². The van der Waals surface area contributed by atoms with Gasteiger partial charge in [-0.05, 0) is 30.5 Å². The van der Waals surface area contributed by atoms with Crippen LogP contribution in [0.5, 0.6) is 0 Å². The van der Waals surface area contributed by atoms with Crippen LogP contribution in [0.15, 0.2) is 63.9 Å². The predicted octanol–water partition coefficient (Wildman–Crippen LogP) is 2.44. The van der Waals surface area contributed by atoms with Crippen LogP contribution in [-0.2, 0) is 30.9 Å². The standard InChI is InChI=1S/C24H27N3O5S/c1-32-22(28)13-16-27(17-18-7-3-2-4-8-18)24(29)19-11-14-26(15-12-19)23-20-9-5-6-10-21(20)33(30,31)25-23/h2-10,19H,11-17H2,1H3. The summed E-state index contributed by atoms with van der Waals surface area (Å²) in [6, 6.07) is 16.5. The van der Waals surface area contributed by atoms with Crippen LogP contribution in [0, 0.1) is 5.92 Å². The summed E-state index contributed by atoms with van der Waals surface area (Å²) in [5.74, 6) is -0.0848. The second kappa shape index (κ2) is 9.74. The number of carbonyl (C=O) groups excluding carboxylic acids is 2. The summed E-state index contributed by atoms with van der Waals surface area (Å²) in [6.07, 6.45) is 1.31. The van der Waals surface area contributed by atoms with E-state index in [1.165, 1.54) is 7.11 Å².